The lowest BCUT2D eigenvalue weighted by atomic mass is 10.1. The average Bonchev–Trinajstić information content (AvgIpc) is 3.12. The summed E-state index contributed by atoms with van der Waals surface area (Å²) in [6.45, 7) is 2.40. The normalized spacial score (nSPS) is 12.0. The van der Waals surface area contributed by atoms with Crippen molar-refractivity contribution in [2.45, 2.75) is 13.0 Å². The maximum absolute atomic E-state index is 13.2. The van der Waals surface area contributed by atoms with E-state index in [0.717, 1.165) is 33.3 Å². The Morgan fingerprint density at radius 3 is 2.63 bits per heavy atom. The minimum Gasteiger partial charge on any atom is -0.496 e. The summed E-state index contributed by atoms with van der Waals surface area (Å²) in [6, 6.07) is 9.98. The van der Waals surface area contributed by atoms with Crippen LogP contribution in [0.25, 0.3) is 11.3 Å². The van der Waals surface area contributed by atoms with E-state index in [1.807, 2.05) is 18.4 Å². The predicted molar refractivity (Wildman–Crippen MR) is 108 cm³/mol. The number of hydrogen-bond donors (Lipinski definition) is 1. The number of ether oxygens (including phenoxy) is 2. The van der Waals surface area contributed by atoms with E-state index in [2.05, 4.69) is 10.3 Å². The highest BCUT2D eigenvalue weighted by Crippen LogP contribution is 2.35. The number of anilines is 1. The second-order valence-corrected chi connectivity index (χ2v) is 7.31. The smallest absolute Gasteiger partial charge is 0.183 e. The summed E-state index contributed by atoms with van der Waals surface area (Å²) in [4.78, 5) is 4.66. The van der Waals surface area contributed by atoms with Gasteiger partial charge in [-0.3, -0.25) is 0 Å². The molecule has 1 unspecified atom stereocenters. The van der Waals surface area contributed by atoms with Gasteiger partial charge >= 0.3 is 0 Å². The molecule has 0 saturated heterocycles. The van der Waals surface area contributed by atoms with Gasteiger partial charge in [-0.1, -0.05) is 23.7 Å². The average molecular weight is 407 g/mol. The van der Waals surface area contributed by atoms with Gasteiger partial charge in [0.2, 0.25) is 0 Å². The highest BCUT2D eigenvalue weighted by atomic mass is 35.5. The molecule has 0 aliphatic carbocycles. The van der Waals surface area contributed by atoms with Crippen LogP contribution in [0.5, 0.6) is 5.75 Å². The molecule has 0 amide bonds. The van der Waals surface area contributed by atoms with Crippen LogP contribution in [0, 0.1) is 12.7 Å². The maximum Gasteiger partial charge on any atom is 0.183 e. The molecule has 7 heteroatoms. The second-order valence-electron chi connectivity index (χ2n) is 6.04. The summed E-state index contributed by atoms with van der Waals surface area (Å²) in [5.74, 6) is 0.477. The van der Waals surface area contributed by atoms with Crippen LogP contribution in [0.3, 0.4) is 0 Å². The largest absolute Gasteiger partial charge is 0.496 e. The number of benzene rings is 2. The van der Waals surface area contributed by atoms with Crippen LogP contribution in [-0.2, 0) is 4.74 Å². The molecule has 2 aromatic carbocycles. The number of methoxy groups -OCH3 is 2. The molecule has 1 heterocycles. The first-order chi connectivity index (χ1) is 13.0. The summed E-state index contributed by atoms with van der Waals surface area (Å²) in [6.07, 6.45) is 0. The van der Waals surface area contributed by atoms with Crippen molar-refractivity contribution in [3.63, 3.8) is 0 Å². The Labute approximate surface area is 166 Å². The highest BCUT2D eigenvalue weighted by molar-refractivity contribution is 7.14. The van der Waals surface area contributed by atoms with E-state index in [0.29, 0.717) is 11.6 Å². The van der Waals surface area contributed by atoms with Crippen molar-refractivity contribution in [3.8, 4) is 17.0 Å². The van der Waals surface area contributed by atoms with Gasteiger partial charge in [-0.2, -0.15) is 0 Å². The van der Waals surface area contributed by atoms with E-state index in [1.165, 1.54) is 23.5 Å². The van der Waals surface area contributed by atoms with E-state index in [4.69, 9.17) is 21.1 Å². The first-order valence-corrected chi connectivity index (χ1v) is 9.58. The van der Waals surface area contributed by atoms with Crippen LogP contribution in [0.2, 0.25) is 5.02 Å². The monoisotopic (exact) mass is 406 g/mol. The van der Waals surface area contributed by atoms with Crippen LogP contribution in [0.15, 0.2) is 41.8 Å². The van der Waals surface area contributed by atoms with Crippen molar-refractivity contribution in [2.75, 3.05) is 26.1 Å². The van der Waals surface area contributed by atoms with Gasteiger partial charge in [0.05, 0.1) is 30.5 Å². The van der Waals surface area contributed by atoms with E-state index in [-0.39, 0.29) is 11.9 Å². The molecule has 27 heavy (non-hydrogen) atoms. The SMILES string of the molecule is COCC(Nc1nc(-c2cc(C)c(OC)cc2Cl)cs1)c1ccc(F)cc1. The number of nitrogens with zero attached hydrogens (tertiary/aromatic N) is 1. The Morgan fingerprint density at radius 2 is 1.96 bits per heavy atom. The molecule has 0 fully saturated rings. The molecule has 0 radical (unpaired) electrons. The molecular formula is C20H20ClFN2O2S. The molecule has 0 bridgehead atoms. The minimum absolute atomic E-state index is 0.136. The fourth-order valence-electron chi connectivity index (χ4n) is 2.78. The van der Waals surface area contributed by atoms with E-state index >= 15 is 0 Å². The summed E-state index contributed by atoms with van der Waals surface area (Å²) in [5, 5.41) is 6.62. The highest BCUT2D eigenvalue weighted by Gasteiger charge is 2.16. The van der Waals surface area contributed by atoms with E-state index < -0.39 is 0 Å². The van der Waals surface area contributed by atoms with Crippen molar-refractivity contribution in [1.82, 2.24) is 4.98 Å². The van der Waals surface area contributed by atoms with Crippen molar-refractivity contribution in [3.05, 3.63) is 63.7 Å². The summed E-state index contributed by atoms with van der Waals surface area (Å²) >= 11 is 7.88. The van der Waals surface area contributed by atoms with Crippen molar-refractivity contribution < 1.29 is 13.9 Å². The number of aromatic nitrogens is 1. The van der Waals surface area contributed by atoms with Crippen LogP contribution < -0.4 is 10.1 Å². The van der Waals surface area contributed by atoms with Crippen LogP contribution >= 0.6 is 22.9 Å². The van der Waals surface area contributed by atoms with Crippen LogP contribution in [0.1, 0.15) is 17.2 Å². The van der Waals surface area contributed by atoms with E-state index in [9.17, 15) is 4.39 Å². The minimum atomic E-state index is -0.268. The fraction of sp³-hybridized carbons (Fsp3) is 0.250. The third-order valence-electron chi connectivity index (χ3n) is 4.17. The Hall–Kier alpha value is -2.15. The zero-order valence-electron chi connectivity index (χ0n) is 15.3. The standard InChI is InChI=1S/C20H20ClFN2O2S/c1-12-8-15(16(21)9-19(12)26-3)18-11-27-20(24-18)23-17(10-25-2)13-4-6-14(22)7-5-13/h4-9,11,17H,10H2,1-3H3,(H,23,24). The molecule has 1 N–H and O–H groups in total. The Balaban J connectivity index is 1.84. The third kappa shape index (κ3) is 4.58. The molecule has 0 spiro atoms. The molecule has 1 atom stereocenters. The lowest BCUT2D eigenvalue weighted by molar-refractivity contribution is 0.186. The third-order valence-corrected chi connectivity index (χ3v) is 5.25. The number of hydrogen-bond acceptors (Lipinski definition) is 5. The summed E-state index contributed by atoms with van der Waals surface area (Å²) in [5.41, 5.74) is 3.55. The van der Waals surface area contributed by atoms with Crippen molar-refractivity contribution in [2.24, 2.45) is 0 Å². The van der Waals surface area contributed by atoms with Gasteiger partial charge in [0.15, 0.2) is 5.13 Å². The van der Waals surface area contributed by atoms with Crippen molar-refractivity contribution >= 4 is 28.1 Å². The van der Waals surface area contributed by atoms with Gasteiger partial charge in [0.25, 0.3) is 0 Å². The molecule has 0 saturated carbocycles. The topological polar surface area (TPSA) is 43.4 Å². The molecular weight excluding hydrogens is 387 g/mol. The number of aryl methyl sites for hydroxylation is 1. The van der Waals surface area contributed by atoms with Crippen LogP contribution in [-0.4, -0.2) is 25.8 Å². The Morgan fingerprint density at radius 1 is 1.22 bits per heavy atom. The lowest BCUT2D eigenvalue weighted by Gasteiger charge is -2.17. The number of thiazole rings is 1. The summed E-state index contributed by atoms with van der Waals surface area (Å²) in [7, 11) is 3.25. The molecule has 3 aromatic rings. The number of halogens is 2. The zero-order chi connectivity index (χ0) is 19.4. The fourth-order valence-corrected chi connectivity index (χ4v) is 3.79. The van der Waals surface area contributed by atoms with Gasteiger partial charge in [-0.15, -0.1) is 11.3 Å². The maximum atomic E-state index is 13.2. The lowest BCUT2D eigenvalue weighted by Crippen LogP contribution is -2.16. The second kappa shape index (κ2) is 8.69. The molecule has 4 nitrogen and oxygen atoms in total. The summed E-state index contributed by atoms with van der Waals surface area (Å²) < 4.78 is 23.8. The van der Waals surface area contributed by atoms with Gasteiger partial charge in [-0.25, -0.2) is 9.37 Å². The quantitative estimate of drug-likeness (QED) is 0.545. The van der Waals surface area contributed by atoms with Gasteiger partial charge in [-0.05, 0) is 42.3 Å². The zero-order valence-corrected chi connectivity index (χ0v) is 16.8. The predicted octanol–water partition coefficient (Wildman–Crippen LogP) is 5.72. The molecule has 3 rings (SSSR count). The molecule has 0 aliphatic rings. The first kappa shape index (κ1) is 19.6. The van der Waals surface area contributed by atoms with Crippen LogP contribution in [0.4, 0.5) is 9.52 Å². The van der Waals surface area contributed by atoms with E-state index in [1.54, 1.807) is 32.4 Å². The number of nitrogens with one attached hydrogen (secondary N) is 1. The number of rotatable bonds is 7. The molecule has 142 valence electrons. The first-order valence-electron chi connectivity index (χ1n) is 8.32. The molecule has 1 aromatic heterocycles. The van der Waals surface area contributed by atoms with Gasteiger partial charge in [0.1, 0.15) is 11.6 Å². The molecule has 0 aliphatic heterocycles. The van der Waals surface area contributed by atoms with Gasteiger partial charge in [0, 0.05) is 18.1 Å². The Bertz CT molecular complexity index is 915. The van der Waals surface area contributed by atoms with Crippen molar-refractivity contribution in [1.29, 1.82) is 0 Å². The Kier molecular flexibility index (Phi) is 6.31. The van der Waals surface area contributed by atoms with Gasteiger partial charge < -0.3 is 14.8 Å².